The van der Waals surface area contributed by atoms with Crippen molar-refractivity contribution in [2.45, 2.75) is 70.6 Å². The van der Waals surface area contributed by atoms with E-state index in [-0.39, 0.29) is 17.6 Å². The number of halogens is 2. The molecule has 2 unspecified atom stereocenters. The van der Waals surface area contributed by atoms with Gasteiger partial charge in [0.2, 0.25) is 0 Å². The van der Waals surface area contributed by atoms with Crippen molar-refractivity contribution in [2.24, 2.45) is 11.8 Å². The largest absolute Gasteiger partial charge is 0.431 e. The summed E-state index contributed by atoms with van der Waals surface area (Å²) in [6.45, 7) is 5.24. The maximum absolute atomic E-state index is 12.7. The molecule has 0 radical (unpaired) electrons. The minimum Gasteiger partial charge on any atom is -0.431 e. The number of nitrogens with zero attached hydrogens (tertiary/aromatic N) is 4. The van der Waals surface area contributed by atoms with Crippen molar-refractivity contribution in [1.82, 2.24) is 19.7 Å². The smallest absolute Gasteiger partial charge is 0.387 e. The van der Waals surface area contributed by atoms with Crippen LogP contribution >= 0.6 is 0 Å². The Morgan fingerprint density at radius 3 is 2.62 bits per heavy atom. The van der Waals surface area contributed by atoms with Crippen LogP contribution in [0.15, 0.2) is 18.3 Å². The van der Waals surface area contributed by atoms with Crippen LogP contribution in [0.1, 0.15) is 63.6 Å². The molecule has 2 N–H and O–H groups in total. The lowest BCUT2D eigenvalue weighted by molar-refractivity contribution is -0.0494. The first-order valence-electron chi connectivity index (χ1n) is 12.5. The van der Waals surface area contributed by atoms with Crippen LogP contribution in [0, 0.1) is 11.8 Å². The summed E-state index contributed by atoms with van der Waals surface area (Å²) in [6, 6.07) is 4.46. The quantitative estimate of drug-likeness (QED) is 0.652. The Labute approximate surface area is 199 Å². The Hall–Kier alpha value is -2.26. The third kappa shape index (κ3) is 4.77. The molecule has 4 atom stereocenters. The topological polar surface area (TPSA) is 78.4 Å². The second-order valence-electron chi connectivity index (χ2n) is 10.2. The molecule has 2 saturated carbocycles. The summed E-state index contributed by atoms with van der Waals surface area (Å²) in [4.78, 5) is 6.70. The van der Waals surface area contributed by atoms with Crippen LogP contribution in [0.2, 0.25) is 0 Å². The maximum Gasteiger partial charge on any atom is 0.387 e. The lowest BCUT2D eigenvalue weighted by Gasteiger charge is -2.30. The van der Waals surface area contributed by atoms with Crippen LogP contribution in [0.5, 0.6) is 5.75 Å². The standard InChI is InChI=1S/C25H35F2N5O2/c1-15(2)32-21(13-20(30-32)16-10-22(34-25(26)27)24(28)29-14-16)23-18-11-17(12-19(18)23)31-6-4-3-5-8-33-9-7-31/h10,13-15,17-19,23,25H,3-9,11-12H2,1-2H3,(H2,28,29)/t17?,18-,19+,23?. The van der Waals surface area contributed by atoms with E-state index in [0.29, 0.717) is 35.1 Å². The molecule has 186 valence electrons. The number of rotatable bonds is 6. The molecule has 2 aromatic heterocycles. The van der Waals surface area contributed by atoms with Crippen LogP contribution in [0.25, 0.3) is 11.3 Å². The van der Waals surface area contributed by atoms with Gasteiger partial charge in [0.25, 0.3) is 0 Å². The van der Waals surface area contributed by atoms with Gasteiger partial charge in [-0.15, -0.1) is 0 Å². The molecular weight excluding hydrogens is 440 g/mol. The molecule has 3 aliphatic rings. The molecular formula is C25H35F2N5O2. The number of ether oxygens (including phenoxy) is 2. The molecule has 1 saturated heterocycles. The molecule has 0 bridgehead atoms. The van der Waals surface area contributed by atoms with Gasteiger partial charge in [0, 0.05) is 48.6 Å². The van der Waals surface area contributed by atoms with E-state index in [2.05, 4.69) is 39.2 Å². The number of anilines is 1. The zero-order valence-electron chi connectivity index (χ0n) is 20.0. The van der Waals surface area contributed by atoms with Crippen molar-refractivity contribution in [1.29, 1.82) is 0 Å². The summed E-state index contributed by atoms with van der Waals surface area (Å²) in [5.74, 6) is 1.70. The fourth-order valence-corrected chi connectivity index (χ4v) is 6.00. The van der Waals surface area contributed by atoms with Crippen LogP contribution in [0.4, 0.5) is 14.6 Å². The molecule has 9 heteroatoms. The minimum absolute atomic E-state index is 0.0550. The Bertz CT molecular complexity index is 976. The van der Waals surface area contributed by atoms with Gasteiger partial charge in [-0.1, -0.05) is 0 Å². The van der Waals surface area contributed by atoms with Crippen LogP contribution in [-0.4, -0.2) is 58.6 Å². The van der Waals surface area contributed by atoms with Gasteiger partial charge in [-0.2, -0.15) is 13.9 Å². The van der Waals surface area contributed by atoms with Gasteiger partial charge in [0.05, 0.1) is 12.3 Å². The van der Waals surface area contributed by atoms with Crippen molar-refractivity contribution < 1.29 is 18.3 Å². The minimum atomic E-state index is -2.95. The second-order valence-corrected chi connectivity index (χ2v) is 10.2. The third-order valence-electron chi connectivity index (χ3n) is 7.68. The molecule has 0 amide bonds. The predicted octanol–water partition coefficient (Wildman–Crippen LogP) is 4.70. The molecule has 34 heavy (non-hydrogen) atoms. The number of nitrogen functional groups attached to an aromatic ring is 1. The lowest BCUT2D eigenvalue weighted by Crippen LogP contribution is -2.37. The van der Waals surface area contributed by atoms with Gasteiger partial charge < -0.3 is 15.2 Å². The molecule has 5 rings (SSSR count). The van der Waals surface area contributed by atoms with Gasteiger partial charge in [0.15, 0.2) is 11.6 Å². The van der Waals surface area contributed by atoms with Crippen LogP contribution in [-0.2, 0) is 4.74 Å². The van der Waals surface area contributed by atoms with Gasteiger partial charge in [-0.05, 0) is 76.5 Å². The first-order chi connectivity index (χ1) is 16.4. The Kier molecular flexibility index (Phi) is 6.75. The third-order valence-corrected chi connectivity index (χ3v) is 7.68. The van der Waals surface area contributed by atoms with Crippen molar-refractivity contribution in [3.8, 4) is 17.0 Å². The number of pyridine rings is 1. The Balaban J connectivity index is 1.31. The highest BCUT2D eigenvalue weighted by molar-refractivity contribution is 5.64. The number of fused-ring (bicyclic) bond motifs is 1. The van der Waals surface area contributed by atoms with E-state index in [1.807, 2.05) is 0 Å². The summed E-state index contributed by atoms with van der Waals surface area (Å²) < 4.78 is 37.9. The number of hydrogen-bond donors (Lipinski definition) is 1. The Morgan fingerprint density at radius 1 is 1.09 bits per heavy atom. The van der Waals surface area contributed by atoms with Gasteiger partial charge >= 0.3 is 6.61 Å². The zero-order valence-corrected chi connectivity index (χ0v) is 20.0. The highest BCUT2D eigenvalue weighted by atomic mass is 19.3. The van der Waals surface area contributed by atoms with E-state index >= 15 is 0 Å². The van der Waals surface area contributed by atoms with Crippen molar-refractivity contribution in [3.05, 3.63) is 24.0 Å². The van der Waals surface area contributed by atoms with Crippen molar-refractivity contribution in [3.63, 3.8) is 0 Å². The molecule has 2 aliphatic carbocycles. The summed E-state index contributed by atoms with van der Waals surface area (Å²) in [7, 11) is 0. The van der Waals surface area contributed by atoms with Crippen molar-refractivity contribution in [2.75, 3.05) is 32.0 Å². The average Bonchev–Trinajstić information content (AvgIpc) is 3.18. The maximum atomic E-state index is 12.7. The van der Waals surface area contributed by atoms with Crippen LogP contribution in [0.3, 0.4) is 0 Å². The zero-order chi connectivity index (χ0) is 23.8. The van der Waals surface area contributed by atoms with E-state index in [1.165, 1.54) is 50.4 Å². The molecule has 1 aliphatic heterocycles. The van der Waals surface area contributed by atoms with Gasteiger partial charge in [-0.25, -0.2) is 4.98 Å². The summed E-state index contributed by atoms with van der Waals surface area (Å²) in [6.07, 6.45) is 7.70. The van der Waals surface area contributed by atoms with Gasteiger partial charge in [0.1, 0.15) is 0 Å². The summed E-state index contributed by atoms with van der Waals surface area (Å²) in [5.41, 5.74) is 8.30. The number of aromatic nitrogens is 3. The fourth-order valence-electron chi connectivity index (χ4n) is 6.00. The average molecular weight is 476 g/mol. The normalized spacial score (nSPS) is 27.9. The van der Waals surface area contributed by atoms with E-state index in [0.717, 1.165) is 19.8 Å². The summed E-state index contributed by atoms with van der Waals surface area (Å²) in [5, 5.41) is 4.83. The first kappa shape index (κ1) is 23.5. The van der Waals surface area contributed by atoms with E-state index < -0.39 is 6.61 Å². The fraction of sp³-hybridized carbons (Fsp3) is 0.680. The molecule has 0 spiro atoms. The summed E-state index contributed by atoms with van der Waals surface area (Å²) >= 11 is 0. The molecule has 3 fully saturated rings. The predicted molar refractivity (Wildman–Crippen MR) is 126 cm³/mol. The number of hydrogen-bond acceptors (Lipinski definition) is 6. The monoisotopic (exact) mass is 475 g/mol. The molecule has 0 aromatic carbocycles. The number of alkyl halides is 2. The van der Waals surface area contributed by atoms with Crippen LogP contribution < -0.4 is 10.5 Å². The van der Waals surface area contributed by atoms with Gasteiger partial charge in [-0.3, -0.25) is 9.58 Å². The molecule has 7 nitrogen and oxygen atoms in total. The molecule has 2 aromatic rings. The lowest BCUT2D eigenvalue weighted by atomic mass is 10.0. The number of nitrogens with two attached hydrogens (primary N) is 1. The van der Waals surface area contributed by atoms with E-state index in [4.69, 9.17) is 15.6 Å². The highest BCUT2D eigenvalue weighted by Gasteiger charge is 2.58. The molecule has 3 heterocycles. The van der Waals surface area contributed by atoms with E-state index in [1.54, 1.807) is 6.20 Å². The van der Waals surface area contributed by atoms with E-state index in [9.17, 15) is 8.78 Å². The highest BCUT2D eigenvalue weighted by Crippen LogP contribution is 2.64. The Morgan fingerprint density at radius 2 is 1.88 bits per heavy atom. The van der Waals surface area contributed by atoms with Crippen molar-refractivity contribution >= 4 is 5.82 Å². The second kappa shape index (κ2) is 9.77. The first-order valence-corrected chi connectivity index (χ1v) is 12.5. The SMILES string of the molecule is CC(C)n1nc(-c2cnc(N)c(OC(F)F)c2)cc1C1[C@H]2CC(N3CCCCCOCC3)C[C@@H]12.